The van der Waals surface area contributed by atoms with Crippen molar-refractivity contribution in [3.05, 3.63) is 34.6 Å². The molecule has 0 amide bonds. The topological polar surface area (TPSA) is 73.9 Å². The van der Waals surface area contributed by atoms with Crippen molar-refractivity contribution in [3.8, 4) is 11.5 Å². The number of aromatic nitrogens is 3. The van der Waals surface area contributed by atoms with E-state index in [1.54, 1.807) is 18.3 Å². The maximum absolute atomic E-state index is 5.92. The molecule has 5 nitrogen and oxygen atoms in total. The van der Waals surface area contributed by atoms with Gasteiger partial charge in [-0.25, -0.2) is 9.97 Å². The molecular formula is C12H11ClN4O. The van der Waals surface area contributed by atoms with Crippen LogP contribution in [0.1, 0.15) is 11.3 Å². The summed E-state index contributed by atoms with van der Waals surface area (Å²) in [7, 11) is 0. The van der Waals surface area contributed by atoms with Crippen LogP contribution < -0.4 is 5.73 Å². The van der Waals surface area contributed by atoms with E-state index in [0.717, 1.165) is 17.7 Å². The molecule has 2 aromatic rings. The Morgan fingerprint density at radius 2 is 2.17 bits per heavy atom. The summed E-state index contributed by atoms with van der Waals surface area (Å²) < 4.78 is 5.35. The fraction of sp³-hybridized carbons (Fsp3) is 0.250. The van der Waals surface area contributed by atoms with E-state index in [0.29, 0.717) is 35.6 Å². The molecule has 2 aromatic heterocycles. The summed E-state index contributed by atoms with van der Waals surface area (Å²) in [4.78, 5) is 13.0. The van der Waals surface area contributed by atoms with Crippen LogP contribution in [0.2, 0.25) is 5.02 Å². The minimum Gasteiger partial charge on any atom is -0.383 e. The Hall–Kier alpha value is -1.72. The number of rotatable bonds is 1. The monoisotopic (exact) mass is 262 g/mol. The van der Waals surface area contributed by atoms with Gasteiger partial charge >= 0.3 is 0 Å². The highest BCUT2D eigenvalue weighted by atomic mass is 35.5. The van der Waals surface area contributed by atoms with E-state index in [1.807, 2.05) is 0 Å². The van der Waals surface area contributed by atoms with Crippen molar-refractivity contribution in [3.63, 3.8) is 0 Å². The number of nitrogen functional groups attached to an aromatic ring is 1. The summed E-state index contributed by atoms with van der Waals surface area (Å²) in [6, 6.07) is 3.54. The number of pyridine rings is 1. The lowest BCUT2D eigenvalue weighted by Crippen LogP contribution is -2.16. The van der Waals surface area contributed by atoms with Gasteiger partial charge in [-0.1, -0.05) is 11.6 Å². The molecule has 3 rings (SSSR count). The molecule has 18 heavy (non-hydrogen) atoms. The predicted octanol–water partition coefficient (Wildman–Crippen LogP) is 1.85. The van der Waals surface area contributed by atoms with Gasteiger partial charge in [-0.3, -0.25) is 4.98 Å². The second-order valence-electron chi connectivity index (χ2n) is 4.02. The minimum absolute atomic E-state index is 0.464. The lowest BCUT2D eigenvalue weighted by atomic mass is 10.1. The number of hydrogen-bond acceptors (Lipinski definition) is 5. The Morgan fingerprint density at radius 3 is 2.94 bits per heavy atom. The number of hydrogen-bond donors (Lipinski definition) is 1. The molecule has 0 atom stereocenters. The van der Waals surface area contributed by atoms with Gasteiger partial charge < -0.3 is 10.5 Å². The summed E-state index contributed by atoms with van der Waals surface area (Å²) in [6.45, 7) is 1.15. The van der Waals surface area contributed by atoms with Crippen LogP contribution in [0.4, 0.5) is 5.82 Å². The first-order chi connectivity index (χ1) is 8.74. The quantitative estimate of drug-likeness (QED) is 0.849. The van der Waals surface area contributed by atoms with Gasteiger partial charge in [0, 0.05) is 18.2 Å². The van der Waals surface area contributed by atoms with Crippen LogP contribution in [0.5, 0.6) is 0 Å². The first kappa shape index (κ1) is 11.4. The van der Waals surface area contributed by atoms with E-state index in [4.69, 9.17) is 22.1 Å². The number of nitrogens with zero attached hydrogens (tertiary/aromatic N) is 3. The van der Waals surface area contributed by atoms with Crippen molar-refractivity contribution in [2.45, 2.75) is 13.0 Å². The molecule has 92 valence electrons. The van der Waals surface area contributed by atoms with Gasteiger partial charge in [0.1, 0.15) is 11.5 Å². The zero-order valence-electron chi connectivity index (χ0n) is 9.56. The summed E-state index contributed by atoms with van der Waals surface area (Å²) in [5.74, 6) is 0.997. The van der Waals surface area contributed by atoms with E-state index in [-0.39, 0.29) is 0 Å². The van der Waals surface area contributed by atoms with E-state index >= 15 is 0 Å². The fourth-order valence-corrected chi connectivity index (χ4v) is 1.99. The highest BCUT2D eigenvalue weighted by Crippen LogP contribution is 2.23. The average molecular weight is 263 g/mol. The number of anilines is 1. The van der Waals surface area contributed by atoms with Crippen molar-refractivity contribution in [1.29, 1.82) is 0 Å². The zero-order chi connectivity index (χ0) is 12.5. The van der Waals surface area contributed by atoms with E-state index < -0.39 is 0 Å². The van der Waals surface area contributed by atoms with Crippen LogP contribution in [0.3, 0.4) is 0 Å². The summed E-state index contributed by atoms with van der Waals surface area (Å²) in [5, 5.41) is 0.582. The lowest BCUT2D eigenvalue weighted by molar-refractivity contribution is 0.109. The first-order valence-electron chi connectivity index (χ1n) is 5.59. The Labute approximate surface area is 109 Å². The molecule has 0 saturated heterocycles. The molecular weight excluding hydrogens is 252 g/mol. The normalized spacial score (nSPS) is 14.3. The molecule has 1 aliphatic heterocycles. The predicted molar refractivity (Wildman–Crippen MR) is 68.0 cm³/mol. The van der Waals surface area contributed by atoms with Crippen LogP contribution >= 0.6 is 11.6 Å². The van der Waals surface area contributed by atoms with Crippen molar-refractivity contribution in [1.82, 2.24) is 15.0 Å². The summed E-state index contributed by atoms with van der Waals surface area (Å²) in [6.07, 6.45) is 2.32. The van der Waals surface area contributed by atoms with Crippen LogP contribution in [0.25, 0.3) is 11.5 Å². The molecule has 0 radical (unpaired) electrons. The Kier molecular flexibility index (Phi) is 2.85. The third-order valence-corrected chi connectivity index (χ3v) is 3.03. The highest BCUT2D eigenvalue weighted by molar-refractivity contribution is 6.30. The maximum atomic E-state index is 5.92. The largest absolute Gasteiger partial charge is 0.383 e. The Balaban J connectivity index is 2.08. The molecule has 3 heterocycles. The van der Waals surface area contributed by atoms with E-state index in [2.05, 4.69) is 15.0 Å². The molecule has 0 spiro atoms. The highest BCUT2D eigenvalue weighted by Gasteiger charge is 2.17. The van der Waals surface area contributed by atoms with E-state index in [9.17, 15) is 0 Å². The second-order valence-corrected chi connectivity index (χ2v) is 4.46. The van der Waals surface area contributed by atoms with Crippen LogP contribution in [-0.4, -0.2) is 21.6 Å². The van der Waals surface area contributed by atoms with Crippen molar-refractivity contribution in [2.75, 3.05) is 12.3 Å². The maximum Gasteiger partial charge on any atom is 0.180 e. The Morgan fingerprint density at radius 1 is 1.28 bits per heavy atom. The van der Waals surface area contributed by atoms with E-state index in [1.165, 1.54) is 0 Å². The van der Waals surface area contributed by atoms with Crippen molar-refractivity contribution < 1.29 is 4.74 Å². The summed E-state index contributed by atoms with van der Waals surface area (Å²) >= 11 is 5.80. The number of nitrogens with two attached hydrogens (primary N) is 1. The van der Waals surface area contributed by atoms with Crippen molar-refractivity contribution >= 4 is 17.4 Å². The molecule has 0 saturated carbocycles. The van der Waals surface area contributed by atoms with Gasteiger partial charge in [0.25, 0.3) is 0 Å². The molecule has 2 N–H and O–H groups in total. The van der Waals surface area contributed by atoms with Gasteiger partial charge in [0.15, 0.2) is 5.82 Å². The molecule has 6 heteroatoms. The minimum atomic E-state index is 0.464. The smallest absolute Gasteiger partial charge is 0.180 e. The van der Waals surface area contributed by atoms with Gasteiger partial charge in [0.05, 0.1) is 23.9 Å². The standard InChI is InChI=1S/C12H11ClN4O/c13-7-1-2-10(15-5-7)12-16-9-3-4-18-6-8(9)11(14)17-12/h1-2,5H,3-4,6H2,(H2,14,16,17). The zero-order valence-corrected chi connectivity index (χ0v) is 10.3. The van der Waals surface area contributed by atoms with Crippen LogP contribution in [-0.2, 0) is 17.8 Å². The first-order valence-corrected chi connectivity index (χ1v) is 5.97. The molecule has 0 aromatic carbocycles. The number of halogens is 1. The molecule has 0 aliphatic carbocycles. The van der Waals surface area contributed by atoms with Gasteiger partial charge in [-0.2, -0.15) is 0 Å². The molecule has 0 bridgehead atoms. The molecule has 1 aliphatic rings. The SMILES string of the molecule is Nc1nc(-c2ccc(Cl)cn2)nc2c1COCC2. The lowest BCUT2D eigenvalue weighted by Gasteiger charge is -2.17. The van der Waals surface area contributed by atoms with Gasteiger partial charge in [-0.05, 0) is 12.1 Å². The Bertz CT molecular complexity index is 585. The third kappa shape index (κ3) is 2.02. The molecule has 0 unspecified atom stereocenters. The fourth-order valence-electron chi connectivity index (χ4n) is 1.88. The third-order valence-electron chi connectivity index (χ3n) is 2.81. The van der Waals surface area contributed by atoms with Crippen molar-refractivity contribution in [2.24, 2.45) is 0 Å². The number of fused-ring (bicyclic) bond motifs is 1. The average Bonchev–Trinajstić information content (AvgIpc) is 2.39. The summed E-state index contributed by atoms with van der Waals surface area (Å²) in [5.41, 5.74) is 8.42. The second kappa shape index (κ2) is 4.51. The van der Waals surface area contributed by atoms with Crippen LogP contribution in [0.15, 0.2) is 18.3 Å². The molecule has 0 fully saturated rings. The van der Waals surface area contributed by atoms with Crippen LogP contribution in [0, 0.1) is 0 Å². The van der Waals surface area contributed by atoms with Gasteiger partial charge in [-0.15, -0.1) is 0 Å². The van der Waals surface area contributed by atoms with Gasteiger partial charge in [0.2, 0.25) is 0 Å². The number of ether oxygens (including phenoxy) is 1.